The smallest absolute Gasteiger partial charge is 0.129 e. The molecule has 0 aromatic carbocycles. The van der Waals surface area contributed by atoms with E-state index >= 15 is 0 Å². The van der Waals surface area contributed by atoms with Gasteiger partial charge < -0.3 is 19.6 Å². The van der Waals surface area contributed by atoms with E-state index in [9.17, 15) is 0 Å². The largest absolute Gasteiger partial charge is 0.369 e. The molecule has 2 aliphatic heterocycles. The molecule has 4 heterocycles. The maximum absolute atomic E-state index is 4.88. The van der Waals surface area contributed by atoms with Gasteiger partial charge in [0.2, 0.25) is 0 Å². The fourth-order valence-electron chi connectivity index (χ4n) is 5.19. The maximum atomic E-state index is 4.88. The molecule has 2 aromatic rings. The molecule has 0 radical (unpaired) electrons. The molecular weight excluding hydrogens is 444 g/mol. The summed E-state index contributed by atoms with van der Waals surface area (Å²) in [7, 11) is 4.36. The number of allylic oxidation sites excluding steroid dienone is 6. The Labute approximate surface area is 215 Å². The van der Waals surface area contributed by atoms with Crippen LogP contribution in [0.25, 0.3) is 16.7 Å². The summed E-state index contributed by atoms with van der Waals surface area (Å²) in [6, 6.07) is 6.62. The van der Waals surface area contributed by atoms with Crippen LogP contribution in [0.2, 0.25) is 0 Å². The van der Waals surface area contributed by atoms with Gasteiger partial charge in [-0.2, -0.15) is 0 Å². The van der Waals surface area contributed by atoms with Gasteiger partial charge in [0, 0.05) is 88.0 Å². The fourth-order valence-corrected chi connectivity index (χ4v) is 5.19. The highest BCUT2D eigenvalue weighted by Gasteiger charge is 2.21. The van der Waals surface area contributed by atoms with Gasteiger partial charge in [0.15, 0.2) is 0 Å². The second kappa shape index (κ2) is 10.8. The lowest BCUT2D eigenvalue weighted by Crippen LogP contribution is -2.44. The van der Waals surface area contributed by atoms with E-state index in [1.807, 2.05) is 12.4 Å². The number of anilines is 1. The molecule has 0 bridgehead atoms. The first kappa shape index (κ1) is 24.5. The first-order valence-corrected chi connectivity index (χ1v) is 13.1. The van der Waals surface area contributed by atoms with Crippen molar-refractivity contribution >= 4 is 11.4 Å². The van der Waals surface area contributed by atoms with Crippen LogP contribution in [0.1, 0.15) is 18.2 Å². The average molecular weight is 483 g/mol. The molecule has 0 unspecified atom stereocenters. The van der Waals surface area contributed by atoms with Gasteiger partial charge in [-0.3, -0.25) is 4.98 Å². The van der Waals surface area contributed by atoms with E-state index in [4.69, 9.17) is 4.98 Å². The molecule has 2 saturated heterocycles. The predicted octanol–water partition coefficient (Wildman–Crippen LogP) is 4.10. The Morgan fingerprint density at radius 1 is 0.917 bits per heavy atom. The van der Waals surface area contributed by atoms with Crippen LogP contribution in [-0.4, -0.2) is 91.1 Å². The zero-order valence-electron chi connectivity index (χ0n) is 22.0. The number of hydrogen-bond acceptors (Lipinski definition) is 6. The summed E-state index contributed by atoms with van der Waals surface area (Å²) < 4.78 is 0. The molecular formula is C30H38N6. The van der Waals surface area contributed by atoms with Gasteiger partial charge in [-0.15, -0.1) is 0 Å². The number of fused-ring (bicyclic) bond motifs is 1. The van der Waals surface area contributed by atoms with Crippen LogP contribution in [0.4, 0.5) is 5.82 Å². The summed E-state index contributed by atoms with van der Waals surface area (Å²) in [5.74, 6) is 1.05. The van der Waals surface area contributed by atoms with Gasteiger partial charge in [0.25, 0.3) is 0 Å². The second-order valence-corrected chi connectivity index (χ2v) is 10.1. The third-order valence-corrected chi connectivity index (χ3v) is 7.55. The minimum atomic E-state index is 0.865. The van der Waals surface area contributed by atoms with Gasteiger partial charge in [-0.25, -0.2) is 4.98 Å². The van der Waals surface area contributed by atoms with E-state index in [0.717, 1.165) is 81.6 Å². The summed E-state index contributed by atoms with van der Waals surface area (Å²) in [4.78, 5) is 19.1. The van der Waals surface area contributed by atoms with E-state index in [-0.39, 0.29) is 0 Å². The van der Waals surface area contributed by atoms with Crippen LogP contribution in [0.3, 0.4) is 0 Å². The van der Waals surface area contributed by atoms with E-state index in [1.165, 1.54) is 22.3 Å². The summed E-state index contributed by atoms with van der Waals surface area (Å²) in [5, 5.41) is 0. The summed E-state index contributed by atoms with van der Waals surface area (Å²) in [6.45, 7) is 14.9. The van der Waals surface area contributed by atoms with Crippen molar-refractivity contribution < 1.29 is 0 Å². The number of rotatable bonds is 6. The Hall–Kier alpha value is -3.22. The van der Waals surface area contributed by atoms with Crippen LogP contribution in [0, 0.1) is 0 Å². The third kappa shape index (κ3) is 5.30. The number of pyridine rings is 2. The lowest BCUT2D eigenvalue weighted by atomic mass is 9.97. The first-order valence-electron chi connectivity index (χ1n) is 13.1. The van der Waals surface area contributed by atoms with Crippen molar-refractivity contribution in [1.29, 1.82) is 0 Å². The maximum Gasteiger partial charge on any atom is 0.129 e. The van der Waals surface area contributed by atoms with E-state index in [0.29, 0.717) is 0 Å². The molecule has 188 valence electrons. The second-order valence-electron chi connectivity index (χ2n) is 10.1. The van der Waals surface area contributed by atoms with Crippen molar-refractivity contribution in [3.8, 4) is 11.1 Å². The van der Waals surface area contributed by atoms with Crippen molar-refractivity contribution in [3.05, 3.63) is 84.0 Å². The summed E-state index contributed by atoms with van der Waals surface area (Å²) in [6.07, 6.45) is 13.7. The molecule has 0 spiro atoms. The van der Waals surface area contributed by atoms with Crippen LogP contribution >= 0.6 is 0 Å². The molecule has 5 rings (SSSR count). The Morgan fingerprint density at radius 2 is 1.64 bits per heavy atom. The van der Waals surface area contributed by atoms with Gasteiger partial charge in [0.05, 0.1) is 5.69 Å². The lowest BCUT2D eigenvalue weighted by Gasteiger charge is -2.34. The van der Waals surface area contributed by atoms with E-state index in [1.54, 1.807) is 0 Å². The molecule has 0 saturated carbocycles. The topological polar surface area (TPSA) is 38.7 Å². The van der Waals surface area contributed by atoms with Crippen LogP contribution in [-0.2, 0) is 6.42 Å². The Bertz CT molecular complexity index is 1190. The Morgan fingerprint density at radius 3 is 2.36 bits per heavy atom. The SMILES string of the molecule is C=C(/C=C(\C=C/C)C1=CCc2ncc(-c3ccnc(N4CCN(C)CC4)c3)cc21)N1CCN(C)CC1. The lowest BCUT2D eigenvalue weighted by molar-refractivity contribution is 0.190. The minimum Gasteiger partial charge on any atom is -0.369 e. The van der Waals surface area contributed by atoms with Crippen molar-refractivity contribution in [2.75, 3.05) is 71.4 Å². The molecule has 2 fully saturated rings. The monoisotopic (exact) mass is 482 g/mol. The number of hydrogen-bond donors (Lipinski definition) is 0. The molecule has 1 aliphatic carbocycles. The van der Waals surface area contributed by atoms with Crippen molar-refractivity contribution in [1.82, 2.24) is 24.7 Å². The minimum absolute atomic E-state index is 0.865. The zero-order valence-corrected chi connectivity index (χ0v) is 22.0. The van der Waals surface area contributed by atoms with Crippen molar-refractivity contribution in [2.24, 2.45) is 0 Å². The summed E-state index contributed by atoms with van der Waals surface area (Å²) >= 11 is 0. The normalized spacial score (nSPS) is 19.6. The van der Waals surface area contributed by atoms with Gasteiger partial charge in [-0.1, -0.05) is 24.8 Å². The van der Waals surface area contributed by atoms with Crippen molar-refractivity contribution in [3.63, 3.8) is 0 Å². The predicted molar refractivity (Wildman–Crippen MR) is 150 cm³/mol. The molecule has 0 atom stereocenters. The molecule has 3 aliphatic rings. The number of likely N-dealkylation sites (N-methyl/N-ethyl adjacent to an activating group) is 2. The highest BCUT2D eigenvalue weighted by atomic mass is 15.3. The van der Waals surface area contributed by atoms with E-state index < -0.39 is 0 Å². The molecule has 0 amide bonds. The Balaban J connectivity index is 1.41. The fraction of sp³-hybridized carbons (Fsp3) is 0.400. The summed E-state index contributed by atoms with van der Waals surface area (Å²) in [5.41, 5.74) is 8.20. The molecule has 2 aromatic heterocycles. The third-order valence-electron chi connectivity index (χ3n) is 7.55. The molecule has 36 heavy (non-hydrogen) atoms. The van der Waals surface area contributed by atoms with Crippen LogP contribution in [0.5, 0.6) is 0 Å². The van der Waals surface area contributed by atoms with Crippen LogP contribution in [0.15, 0.2) is 72.7 Å². The molecule has 6 heteroatoms. The highest BCUT2D eigenvalue weighted by molar-refractivity contribution is 5.88. The highest BCUT2D eigenvalue weighted by Crippen LogP contribution is 2.36. The molecule has 6 nitrogen and oxygen atoms in total. The Kier molecular flexibility index (Phi) is 7.35. The zero-order chi connectivity index (χ0) is 25.1. The van der Waals surface area contributed by atoms with E-state index in [2.05, 4.69) is 94.7 Å². The van der Waals surface area contributed by atoms with Gasteiger partial charge in [-0.05, 0) is 62.0 Å². The average Bonchev–Trinajstić information content (AvgIpc) is 3.32. The van der Waals surface area contributed by atoms with Crippen molar-refractivity contribution in [2.45, 2.75) is 13.3 Å². The quantitative estimate of drug-likeness (QED) is 0.578. The van der Waals surface area contributed by atoms with Crippen LogP contribution < -0.4 is 4.90 Å². The number of aromatic nitrogens is 2. The number of piperazine rings is 2. The van der Waals surface area contributed by atoms with Gasteiger partial charge in [0.1, 0.15) is 5.82 Å². The number of nitrogens with zero attached hydrogens (tertiary/aromatic N) is 6. The first-order chi connectivity index (χ1) is 17.5. The standard InChI is InChI=1S/C30H38N6/c1-5-6-25(19-23(2)35-15-11-33(3)12-16-35)27-7-8-29-28(27)20-26(22-32-29)24-9-10-31-30(21-24)36-17-13-34(4)14-18-36/h5-7,9-10,19-22H,2,8,11-18H2,1,3-4H3/b6-5-,25-19+. The van der Waals surface area contributed by atoms with Gasteiger partial charge >= 0.3 is 0 Å². The molecule has 0 N–H and O–H groups in total.